The van der Waals surface area contributed by atoms with E-state index in [-0.39, 0.29) is 18.3 Å². The van der Waals surface area contributed by atoms with Gasteiger partial charge in [-0.25, -0.2) is 0 Å². The summed E-state index contributed by atoms with van der Waals surface area (Å²) in [5.41, 5.74) is 2.39. The molecule has 0 atom stereocenters. The maximum atomic E-state index is 11.9. The van der Waals surface area contributed by atoms with Crippen molar-refractivity contribution in [2.75, 3.05) is 30.9 Å². The zero-order valence-electron chi connectivity index (χ0n) is 13.5. The minimum Gasteiger partial charge on any atom is -0.484 e. The van der Waals surface area contributed by atoms with Crippen LogP contribution in [0, 0.1) is 0 Å². The van der Waals surface area contributed by atoms with E-state index in [0.29, 0.717) is 11.3 Å². The number of rotatable bonds is 6. The van der Waals surface area contributed by atoms with Crippen LogP contribution < -0.4 is 15.0 Å². The molecule has 0 aliphatic heterocycles. The number of carbonyl (C=O) groups excluding carboxylic acids is 2. The first-order valence-electron chi connectivity index (χ1n) is 7.27. The summed E-state index contributed by atoms with van der Waals surface area (Å²) in [5.74, 6) is 0.307. The number of hydrogen-bond donors (Lipinski definition) is 1. The molecular weight excluding hydrogens is 292 g/mol. The van der Waals surface area contributed by atoms with E-state index >= 15 is 0 Å². The Labute approximate surface area is 135 Å². The largest absolute Gasteiger partial charge is 0.484 e. The molecule has 1 amide bonds. The van der Waals surface area contributed by atoms with Crippen LogP contribution in [0.4, 0.5) is 11.4 Å². The molecule has 2 rings (SSSR count). The molecule has 0 saturated heterocycles. The first-order valence-corrected chi connectivity index (χ1v) is 7.27. The van der Waals surface area contributed by atoms with Crippen LogP contribution in [0.2, 0.25) is 0 Å². The van der Waals surface area contributed by atoms with Gasteiger partial charge in [-0.2, -0.15) is 0 Å². The molecule has 2 aromatic carbocycles. The average Bonchev–Trinajstić information content (AvgIpc) is 2.54. The van der Waals surface area contributed by atoms with Crippen LogP contribution in [-0.2, 0) is 4.79 Å². The highest BCUT2D eigenvalue weighted by Crippen LogP contribution is 2.16. The third-order valence-corrected chi connectivity index (χ3v) is 3.30. The van der Waals surface area contributed by atoms with Gasteiger partial charge in [0.25, 0.3) is 5.91 Å². The Morgan fingerprint density at radius 1 is 1.00 bits per heavy atom. The third kappa shape index (κ3) is 4.85. The van der Waals surface area contributed by atoms with Gasteiger partial charge in [-0.1, -0.05) is 0 Å². The monoisotopic (exact) mass is 312 g/mol. The summed E-state index contributed by atoms with van der Waals surface area (Å²) in [6.45, 7) is 1.42. The molecule has 23 heavy (non-hydrogen) atoms. The Morgan fingerprint density at radius 3 is 2.13 bits per heavy atom. The molecule has 120 valence electrons. The summed E-state index contributed by atoms with van der Waals surface area (Å²) >= 11 is 0. The van der Waals surface area contributed by atoms with Gasteiger partial charge in [0.1, 0.15) is 5.75 Å². The number of ether oxygens (including phenoxy) is 1. The van der Waals surface area contributed by atoms with Crippen LogP contribution in [-0.4, -0.2) is 32.4 Å². The number of benzene rings is 2. The fraction of sp³-hybridized carbons (Fsp3) is 0.222. The van der Waals surface area contributed by atoms with E-state index in [1.807, 2.05) is 43.3 Å². The molecule has 5 nitrogen and oxygen atoms in total. The smallest absolute Gasteiger partial charge is 0.262 e. The van der Waals surface area contributed by atoms with Crippen molar-refractivity contribution in [1.82, 2.24) is 0 Å². The SMILES string of the molecule is CC(=O)c1ccc(OCC(=O)Nc2ccc(N(C)C)cc2)cc1. The molecule has 2 aromatic rings. The zero-order valence-corrected chi connectivity index (χ0v) is 13.5. The highest BCUT2D eigenvalue weighted by molar-refractivity contribution is 5.94. The lowest BCUT2D eigenvalue weighted by molar-refractivity contribution is -0.118. The molecular formula is C18H20N2O3. The number of carbonyl (C=O) groups is 2. The molecule has 0 spiro atoms. The molecule has 0 saturated carbocycles. The van der Waals surface area contributed by atoms with E-state index in [2.05, 4.69) is 5.32 Å². The van der Waals surface area contributed by atoms with E-state index < -0.39 is 0 Å². The van der Waals surface area contributed by atoms with Gasteiger partial charge in [0.05, 0.1) is 0 Å². The Kier molecular flexibility index (Phi) is 5.36. The normalized spacial score (nSPS) is 10.0. The van der Waals surface area contributed by atoms with Crippen molar-refractivity contribution in [2.45, 2.75) is 6.92 Å². The lowest BCUT2D eigenvalue weighted by atomic mass is 10.1. The molecule has 1 N–H and O–H groups in total. The second-order valence-electron chi connectivity index (χ2n) is 5.36. The molecule has 5 heteroatoms. The van der Waals surface area contributed by atoms with Gasteiger partial charge in [-0.05, 0) is 55.5 Å². The molecule has 0 heterocycles. The molecule has 0 radical (unpaired) electrons. The van der Waals surface area contributed by atoms with Crippen molar-refractivity contribution < 1.29 is 14.3 Å². The Balaban J connectivity index is 1.86. The Bertz CT molecular complexity index is 676. The van der Waals surface area contributed by atoms with Crippen LogP contribution in [0.25, 0.3) is 0 Å². The fourth-order valence-corrected chi connectivity index (χ4v) is 1.97. The molecule has 0 aromatic heterocycles. The number of nitrogens with one attached hydrogen (secondary N) is 1. The summed E-state index contributed by atoms with van der Waals surface area (Å²) < 4.78 is 5.41. The number of anilines is 2. The van der Waals surface area contributed by atoms with E-state index in [0.717, 1.165) is 11.4 Å². The molecule has 0 fully saturated rings. The van der Waals surface area contributed by atoms with Crippen LogP contribution in [0.5, 0.6) is 5.75 Å². The first-order chi connectivity index (χ1) is 11.0. The lowest BCUT2D eigenvalue weighted by Crippen LogP contribution is -2.20. The van der Waals surface area contributed by atoms with Crippen LogP contribution in [0.15, 0.2) is 48.5 Å². The predicted octanol–water partition coefficient (Wildman–Crippen LogP) is 2.97. The minimum atomic E-state index is -0.238. The van der Waals surface area contributed by atoms with E-state index in [4.69, 9.17) is 4.74 Å². The summed E-state index contributed by atoms with van der Waals surface area (Å²) in [6.07, 6.45) is 0. The van der Waals surface area contributed by atoms with Gasteiger partial charge < -0.3 is 15.0 Å². The highest BCUT2D eigenvalue weighted by Gasteiger charge is 2.05. The maximum Gasteiger partial charge on any atom is 0.262 e. The van der Waals surface area contributed by atoms with Crippen LogP contribution >= 0.6 is 0 Å². The summed E-state index contributed by atoms with van der Waals surface area (Å²) in [7, 11) is 3.91. The summed E-state index contributed by atoms with van der Waals surface area (Å²) in [5, 5.41) is 2.77. The third-order valence-electron chi connectivity index (χ3n) is 3.30. The standard InChI is InChI=1S/C18H20N2O3/c1-13(21)14-4-10-17(11-5-14)23-12-18(22)19-15-6-8-16(9-7-15)20(2)3/h4-11H,12H2,1-3H3,(H,19,22). The van der Waals surface area contributed by atoms with Crippen molar-refractivity contribution in [3.63, 3.8) is 0 Å². The van der Waals surface area contributed by atoms with Gasteiger partial charge in [-0.15, -0.1) is 0 Å². The van der Waals surface area contributed by atoms with Gasteiger partial charge in [0, 0.05) is 31.0 Å². The van der Waals surface area contributed by atoms with Crippen molar-refractivity contribution >= 4 is 23.1 Å². The van der Waals surface area contributed by atoms with Gasteiger partial charge in [0.2, 0.25) is 0 Å². The second kappa shape index (κ2) is 7.45. The maximum absolute atomic E-state index is 11.9. The number of amides is 1. The van der Waals surface area contributed by atoms with Crippen LogP contribution in [0.1, 0.15) is 17.3 Å². The Morgan fingerprint density at radius 2 is 1.61 bits per heavy atom. The average molecular weight is 312 g/mol. The first kappa shape index (κ1) is 16.5. The number of nitrogens with zero attached hydrogens (tertiary/aromatic N) is 1. The molecule has 0 unspecified atom stereocenters. The quantitative estimate of drug-likeness (QED) is 0.833. The highest BCUT2D eigenvalue weighted by atomic mass is 16.5. The van der Waals surface area contributed by atoms with Gasteiger partial charge in [-0.3, -0.25) is 9.59 Å². The van der Waals surface area contributed by atoms with Crippen molar-refractivity contribution in [1.29, 1.82) is 0 Å². The lowest BCUT2D eigenvalue weighted by Gasteiger charge is -2.13. The van der Waals surface area contributed by atoms with Crippen LogP contribution in [0.3, 0.4) is 0 Å². The van der Waals surface area contributed by atoms with E-state index in [9.17, 15) is 9.59 Å². The zero-order chi connectivity index (χ0) is 16.8. The topological polar surface area (TPSA) is 58.6 Å². The second-order valence-corrected chi connectivity index (χ2v) is 5.36. The Hall–Kier alpha value is -2.82. The van der Waals surface area contributed by atoms with E-state index in [1.54, 1.807) is 24.3 Å². The number of Topliss-reactive ketones (excluding diaryl/α,β-unsaturated/α-hetero) is 1. The van der Waals surface area contributed by atoms with Crippen molar-refractivity contribution in [3.05, 3.63) is 54.1 Å². The molecule has 0 bridgehead atoms. The minimum absolute atomic E-state index is 0.00420. The molecule has 0 aliphatic rings. The summed E-state index contributed by atoms with van der Waals surface area (Å²) in [6, 6.07) is 14.2. The van der Waals surface area contributed by atoms with Gasteiger partial charge in [0.15, 0.2) is 12.4 Å². The van der Waals surface area contributed by atoms with Gasteiger partial charge >= 0.3 is 0 Å². The fourth-order valence-electron chi connectivity index (χ4n) is 1.97. The van der Waals surface area contributed by atoms with Crippen molar-refractivity contribution in [2.24, 2.45) is 0 Å². The molecule has 0 aliphatic carbocycles. The van der Waals surface area contributed by atoms with E-state index in [1.165, 1.54) is 6.92 Å². The predicted molar refractivity (Wildman–Crippen MR) is 91.3 cm³/mol. The number of hydrogen-bond acceptors (Lipinski definition) is 4. The number of ketones is 1. The van der Waals surface area contributed by atoms with Crippen molar-refractivity contribution in [3.8, 4) is 5.75 Å². The summed E-state index contributed by atoms with van der Waals surface area (Å²) in [4.78, 5) is 25.0.